The lowest BCUT2D eigenvalue weighted by atomic mass is 10.0. The Morgan fingerprint density at radius 2 is 1.44 bits per heavy atom. The molecule has 0 N–H and O–H groups in total. The third kappa shape index (κ3) is 5.17. The van der Waals surface area contributed by atoms with Crippen molar-refractivity contribution >= 4 is 43.0 Å². The van der Waals surface area contributed by atoms with E-state index in [9.17, 15) is 28.1 Å². The van der Waals surface area contributed by atoms with Crippen LogP contribution in [0.4, 0.5) is 5.69 Å². The number of benzene rings is 3. The average Bonchev–Trinajstić information content (AvgIpc) is 2.77. The quantitative estimate of drug-likeness (QED) is 0.238. The first-order valence-corrected chi connectivity index (χ1v) is 11.8. The van der Waals surface area contributed by atoms with Crippen molar-refractivity contribution in [1.82, 2.24) is 0 Å². The molecule has 0 bridgehead atoms. The molecule has 164 valence electrons. The number of hydrogen-bond donors (Lipinski definition) is 0. The molecule has 0 heterocycles. The van der Waals surface area contributed by atoms with E-state index in [-0.39, 0.29) is 21.7 Å². The van der Waals surface area contributed by atoms with Crippen LogP contribution in [-0.2, 0) is 9.84 Å². The first kappa shape index (κ1) is 23.5. The average molecular weight is 516 g/mol. The molecule has 0 aliphatic rings. The first-order chi connectivity index (χ1) is 15.1. The zero-order chi connectivity index (χ0) is 23.5. The molecule has 0 radical (unpaired) electrons. The van der Waals surface area contributed by atoms with Crippen LogP contribution < -0.4 is 0 Å². The van der Waals surface area contributed by atoms with Gasteiger partial charge in [-0.25, -0.2) is 8.42 Å². The number of carbonyl (C=O) groups excluding carboxylic acids is 2. The highest BCUT2D eigenvalue weighted by molar-refractivity contribution is 9.10. The number of nitro groups is 1. The van der Waals surface area contributed by atoms with Crippen LogP contribution in [0.3, 0.4) is 0 Å². The summed E-state index contributed by atoms with van der Waals surface area (Å²) < 4.78 is 27.4. The summed E-state index contributed by atoms with van der Waals surface area (Å²) in [5, 5.41) is 9.19. The van der Waals surface area contributed by atoms with Crippen molar-refractivity contribution in [3.05, 3.63) is 104 Å². The number of halogens is 1. The summed E-state index contributed by atoms with van der Waals surface area (Å²) in [6, 6.07) is 17.1. The summed E-state index contributed by atoms with van der Waals surface area (Å²) in [6.07, 6.45) is -0.594. The second kappa shape index (κ2) is 9.54. The third-order valence-electron chi connectivity index (χ3n) is 4.92. The van der Waals surface area contributed by atoms with Gasteiger partial charge in [0.05, 0.1) is 9.82 Å². The van der Waals surface area contributed by atoms with E-state index in [1.165, 1.54) is 36.4 Å². The lowest BCUT2D eigenvalue weighted by Crippen LogP contribution is -2.33. The van der Waals surface area contributed by atoms with E-state index in [0.29, 0.717) is 4.47 Å². The molecule has 3 aromatic carbocycles. The van der Waals surface area contributed by atoms with Crippen molar-refractivity contribution in [3.8, 4) is 0 Å². The molecule has 3 rings (SSSR count). The van der Waals surface area contributed by atoms with Crippen LogP contribution in [0.25, 0.3) is 0 Å². The molecule has 0 fully saturated rings. The molecule has 0 aliphatic heterocycles. The van der Waals surface area contributed by atoms with Crippen LogP contribution in [0, 0.1) is 17.0 Å². The number of non-ortho nitro benzene ring substituents is 1. The number of ketones is 2. The molecule has 1 atom stereocenters. The Labute approximate surface area is 193 Å². The summed E-state index contributed by atoms with van der Waals surface area (Å²) in [7, 11) is -4.19. The van der Waals surface area contributed by atoms with Gasteiger partial charge in [0.1, 0.15) is 5.25 Å². The Balaban J connectivity index is 2.00. The molecule has 0 aromatic heterocycles. The van der Waals surface area contributed by atoms with Gasteiger partial charge in [-0.15, -0.1) is 0 Å². The van der Waals surface area contributed by atoms with Crippen molar-refractivity contribution in [2.45, 2.75) is 23.5 Å². The van der Waals surface area contributed by atoms with Gasteiger partial charge in [-0.2, -0.15) is 0 Å². The normalized spacial score (nSPS) is 12.2. The van der Waals surface area contributed by atoms with Gasteiger partial charge < -0.3 is 0 Å². The van der Waals surface area contributed by atoms with E-state index in [1.54, 1.807) is 31.2 Å². The number of aryl methyl sites for hydroxylation is 1. The Bertz CT molecular complexity index is 1270. The molecule has 3 aromatic rings. The van der Waals surface area contributed by atoms with Crippen molar-refractivity contribution in [2.75, 3.05) is 0 Å². The number of Topliss-reactive ketones (excluding diaryl/α,β-unsaturated/α-hetero) is 2. The van der Waals surface area contributed by atoms with Crippen LogP contribution in [-0.4, -0.2) is 30.2 Å². The molecule has 9 heteroatoms. The number of nitrogens with zero attached hydrogens (tertiary/aromatic N) is 1. The fourth-order valence-electron chi connectivity index (χ4n) is 3.09. The number of carbonyl (C=O) groups is 2. The maximum atomic E-state index is 13.4. The number of nitro benzene ring substituents is 1. The van der Waals surface area contributed by atoms with Crippen LogP contribution in [0.2, 0.25) is 0 Å². The number of sulfone groups is 1. The Hall–Kier alpha value is -3.17. The SMILES string of the molecule is Cc1ccc(S(=O)(=O)[C@@H](CC(=O)c2ccc([N+](=O)[O-])cc2)C(=O)c2ccc(Br)cc2)cc1. The molecule has 0 aliphatic carbocycles. The Kier molecular flexibility index (Phi) is 7.00. The zero-order valence-corrected chi connectivity index (χ0v) is 19.3. The molecular weight excluding hydrogens is 498 g/mol. The predicted octanol–water partition coefficient (Wildman–Crippen LogP) is 4.96. The lowest BCUT2D eigenvalue weighted by Gasteiger charge is -2.17. The minimum atomic E-state index is -4.19. The van der Waals surface area contributed by atoms with Crippen molar-refractivity contribution in [2.24, 2.45) is 0 Å². The molecule has 0 saturated carbocycles. The van der Waals surface area contributed by atoms with E-state index in [4.69, 9.17) is 0 Å². The van der Waals surface area contributed by atoms with Gasteiger partial charge in [0.15, 0.2) is 21.4 Å². The van der Waals surface area contributed by atoms with E-state index >= 15 is 0 Å². The molecule has 0 amide bonds. The van der Waals surface area contributed by atoms with Gasteiger partial charge in [0.25, 0.3) is 5.69 Å². The predicted molar refractivity (Wildman–Crippen MR) is 123 cm³/mol. The van der Waals surface area contributed by atoms with Crippen LogP contribution in [0.15, 0.2) is 82.2 Å². The van der Waals surface area contributed by atoms with Gasteiger partial charge in [-0.1, -0.05) is 45.8 Å². The molecular formula is C23H18BrNO6S. The molecule has 0 saturated heterocycles. The topological polar surface area (TPSA) is 111 Å². The second-order valence-corrected chi connectivity index (χ2v) is 10.2. The van der Waals surface area contributed by atoms with Crippen molar-refractivity contribution in [3.63, 3.8) is 0 Å². The van der Waals surface area contributed by atoms with Gasteiger partial charge in [0, 0.05) is 34.2 Å². The van der Waals surface area contributed by atoms with E-state index in [1.807, 2.05) is 0 Å². The summed E-state index contributed by atoms with van der Waals surface area (Å²) in [5.41, 5.74) is 0.895. The third-order valence-corrected chi connectivity index (χ3v) is 7.50. The maximum Gasteiger partial charge on any atom is 0.269 e. The Morgan fingerprint density at radius 3 is 1.97 bits per heavy atom. The fraction of sp³-hybridized carbons (Fsp3) is 0.130. The zero-order valence-electron chi connectivity index (χ0n) is 16.9. The minimum absolute atomic E-state index is 0.0601. The second-order valence-electron chi connectivity index (χ2n) is 7.15. The minimum Gasteiger partial charge on any atom is -0.294 e. The highest BCUT2D eigenvalue weighted by Crippen LogP contribution is 2.25. The number of hydrogen-bond acceptors (Lipinski definition) is 6. The first-order valence-electron chi connectivity index (χ1n) is 9.47. The van der Waals surface area contributed by atoms with E-state index in [2.05, 4.69) is 15.9 Å². The van der Waals surface area contributed by atoms with Crippen molar-refractivity contribution in [1.29, 1.82) is 0 Å². The summed E-state index contributed by atoms with van der Waals surface area (Å²) >= 11 is 3.27. The highest BCUT2D eigenvalue weighted by Gasteiger charge is 2.36. The van der Waals surface area contributed by atoms with Crippen LogP contribution in [0.1, 0.15) is 32.7 Å². The van der Waals surface area contributed by atoms with Gasteiger partial charge in [-0.05, 0) is 43.3 Å². The van der Waals surface area contributed by atoms with E-state index in [0.717, 1.165) is 17.7 Å². The van der Waals surface area contributed by atoms with Gasteiger partial charge in [0.2, 0.25) is 0 Å². The van der Waals surface area contributed by atoms with Gasteiger partial charge in [-0.3, -0.25) is 19.7 Å². The van der Waals surface area contributed by atoms with Crippen molar-refractivity contribution < 1.29 is 22.9 Å². The molecule has 7 nitrogen and oxygen atoms in total. The number of rotatable bonds is 8. The summed E-state index contributed by atoms with van der Waals surface area (Å²) in [5.74, 6) is -1.31. The largest absolute Gasteiger partial charge is 0.294 e. The van der Waals surface area contributed by atoms with Crippen LogP contribution >= 0.6 is 15.9 Å². The molecule has 32 heavy (non-hydrogen) atoms. The monoisotopic (exact) mass is 515 g/mol. The summed E-state index contributed by atoms with van der Waals surface area (Å²) in [4.78, 5) is 36.3. The van der Waals surface area contributed by atoms with Gasteiger partial charge >= 0.3 is 0 Å². The highest BCUT2D eigenvalue weighted by atomic mass is 79.9. The maximum absolute atomic E-state index is 13.4. The molecule has 0 spiro atoms. The van der Waals surface area contributed by atoms with E-state index < -0.39 is 38.0 Å². The standard InChI is InChI=1S/C23H18BrNO6S/c1-15-2-12-20(13-3-15)32(30,31)22(23(27)17-4-8-18(24)9-5-17)14-21(26)16-6-10-19(11-7-16)25(28)29/h2-13,22H,14H2,1H3/t22-/m0/s1. The Morgan fingerprint density at radius 1 is 0.906 bits per heavy atom. The smallest absolute Gasteiger partial charge is 0.269 e. The molecule has 0 unspecified atom stereocenters. The lowest BCUT2D eigenvalue weighted by molar-refractivity contribution is -0.384. The van der Waals surface area contributed by atoms with Crippen LogP contribution in [0.5, 0.6) is 0 Å². The summed E-state index contributed by atoms with van der Waals surface area (Å²) in [6.45, 7) is 1.80. The fourth-order valence-corrected chi connectivity index (χ4v) is 4.99.